The molecular formula is C47H81N3O15. The Labute approximate surface area is 386 Å². The molecule has 2 aliphatic rings. The molecule has 1 aromatic heterocycles. The Morgan fingerprint density at radius 1 is 0.708 bits per heavy atom. The van der Waals surface area contributed by atoms with Crippen LogP contribution in [0.1, 0.15) is 93.1 Å². The number of pyridine rings is 1. The number of esters is 2. The number of aromatic hydroxyl groups is 1. The van der Waals surface area contributed by atoms with E-state index in [-0.39, 0.29) is 99.8 Å². The zero-order valence-electron chi connectivity index (χ0n) is 40.8. The van der Waals surface area contributed by atoms with Gasteiger partial charge in [-0.15, -0.1) is 0 Å². The molecule has 9 atom stereocenters. The molecule has 0 bridgehead atoms. The molecule has 0 aromatic carbocycles. The highest BCUT2D eigenvalue weighted by Crippen LogP contribution is 2.29. The van der Waals surface area contributed by atoms with Crippen LogP contribution in [0.3, 0.4) is 0 Å². The molecule has 374 valence electrons. The number of nitrogens with zero attached hydrogens (tertiary/aromatic N) is 1. The first kappa shape index (κ1) is 56.1. The van der Waals surface area contributed by atoms with Crippen LogP contribution in [0.25, 0.3) is 0 Å². The molecule has 18 heteroatoms. The molecule has 0 saturated carbocycles. The van der Waals surface area contributed by atoms with Gasteiger partial charge in [-0.25, -0.2) is 9.78 Å². The highest BCUT2D eigenvalue weighted by atomic mass is 16.6. The fourth-order valence-corrected chi connectivity index (χ4v) is 6.54. The number of nitrogens with two attached hydrogens (primary N) is 1. The molecule has 18 nitrogen and oxygen atoms in total. The predicted molar refractivity (Wildman–Crippen MR) is 241 cm³/mol. The van der Waals surface area contributed by atoms with Gasteiger partial charge in [-0.3, -0.25) is 9.59 Å². The Morgan fingerprint density at radius 3 is 1.74 bits per heavy atom. The zero-order chi connectivity index (χ0) is 48.1. The Morgan fingerprint density at radius 2 is 1.20 bits per heavy atom. The number of carbonyl (C=O) groups is 3. The number of aromatic nitrogens is 1. The third kappa shape index (κ3) is 20.7. The standard InChI is InChI=1S/C47H81N3O15/c1-28(2)16-55-26-39-44(37(60-18-30(5)6)24-57-22-34(48)46(53)64-39)63-21-33(11)13-15-59-36-12-14-49-41(42(36)51)45(52)50-35-23-58-25-38(61-19-31(7)8)43(62-20-32(9)10)40(65-47(35)54)27-56-17-29(3)4/h12,14,28-35,37-40,43-44,51H,13,15-27,48H2,1-11H3,(H,50,52). The van der Waals surface area contributed by atoms with Gasteiger partial charge in [-0.1, -0.05) is 76.2 Å². The maximum absolute atomic E-state index is 13.8. The third-order valence-electron chi connectivity index (χ3n) is 9.96. The summed E-state index contributed by atoms with van der Waals surface area (Å²) < 4.78 is 66.8. The lowest BCUT2D eigenvalue weighted by molar-refractivity contribution is -0.182. The first-order valence-electron chi connectivity index (χ1n) is 23.4. The quantitative estimate of drug-likeness (QED) is 0.110. The molecule has 0 aliphatic carbocycles. The molecule has 0 radical (unpaired) electrons. The second kappa shape index (κ2) is 29.5. The van der Waals surface area contributed by atoms with Crippen LogP contribution >= 0.6 is 0 Å². The number of cyclic esters (lactones) is 2. The van der Waals surface area contributed by atoms with Gasteiger partial charge in [-0.2, -0.15) is 0 Å². The summed E-state index contributed by atoms with van der Waals surface area (Å²) >= 11 is 0. The van der Waals surface area contributed by atoms with Crippen molar-refractivity contribution < 1.29 is 71.6 Å². The number of carbonyl (C=O) groups excluding carboxylic acids is 3. The van der Waals surface area contributed by atoms with Crippen molar-refractivity contribution in [2.45, 2.75) is 131 Å². The van der Waals surface area contributed by atoms with Gasteiger partial charge >= 0.3 is 11.9 Å². The third-order valence-corrected chi connectivity index (χ3v) is 9.96. The van der Waals surface area contributed by atoms with Gasteiger partial charge in [0.05, 0.1) is 46.2 Å². The van der Waals surface area contributed by atoms with Crippen molar-refractivity contribution >= 4 is 17.8 Å². The molecule has 3 heterocycles. The van der Waals surface area contributed by atoms with Gasteiger partial charge in [0.25, 0.3) is 5.91 Å². The Bertz CT molecular complexity index is 1530. The molecular weight excluding hydrogens is 847 g/mol. The molecule has 1 aromatic rings. The minimum Gasteiger partial charge on any atom is -0.503 e. The van der Waals surface area contributed by atoms with E-state index in [0.29, 0.717) is 39.5 Å². The molecule has 2 fully saturated rings. The van der Waals surface area contributed by atoms with Gasteiger partial charge < -0.3 is 68.3 Å². The van der Waals surface area contributed by atoms with Crippen molar-refractivity contribution in [3.8, 4) is 11.5 Å². The first-order chi connectivity index (χ1) is 30.9. The molecule has 3 rings (SSSR count). The fraction of sp³-hybridized carbons (Fsp3) is 0.830. The van der Waals surface area contributed by atoms with Crippen LogP contribution in [-0.2, 0) is 57.0 Å². The van der Waals surface area contributed by atoms with Crippen molar-refractivity contribution in [2.75, 3.05) is 85.9 Å². The van der Waals surface area contributed by atoms with Crippen LogP contribution in [-0.4, -0.2) is 163 Å². The SMILES string of the molecule is CC(C)COCC1OC(=O)C(N)COCC(OCC(C)C)C1OCC(C)CCOc1ccnc(C(=O)NC2COCC(OCC(C)C)C(OCC(C)C)C(COCC(C)C)OC2=O)c1O. The molecule has 9 unspecified atom stereocenters. The van der Waals surface area contributed by atoms with Crippen LogP contribution in [0.5, 0.6) is 11.5 Å². The summed E-state index contributed by atoms with van der Waals surface area (Å²) in [5, 5.41) is 13.8. The van der Waals surface area contributed by atoms with E-state index in [1.807, 2.05) is 76.2 Å². The van der Waals surface area contributed by atoms with Crippen LogP contribution in [0.2, 0.25) is 0 Å². The fourth-order valence-electron chi connectivity index (χ4n) is 6.54. The summed E-state index contributed by atoms with van der Waals surface area (Å²) in [6, 6.07) is -0.785. The number of ether oxygens (including phenoxy) is 11. The topological polar surface area (TPSA) is 224 Å². The zero-order valence-corrected chi connectivity index (χ0v) is 40.8. The maximum Gasteiger partial charge on any atom is 0.331 e. The lowest BCUT2D eigenvalue weighted by atomic mass is 10.1. The molecule has 4 N–H and O–H groups in total. The van der Waals surface area contributed by atoms with E-state index in [1.165, 1.54) is 12.3 Å². The average Bonchev–Trinajstić information content (AvgIpc) is 3.32. The number of nitrogens with one attached hydrogen (secondary N) is 1. The van der Waals surface area contributed by atoms with Crippen molar-refractivity contribution in [1.29, 1.82) is 0 Å². The normalized spacial score (nSPS) is 25.4. The van der Waals surface area contributed by atoms with E-state index < -0.39 is 72.3 Å². The molecule has 1 amide bonds. The second-order valence-corrected chi connectivity index (χ2v) is 19.3. The van der Waals surface area contributed by atoms with Crippen molar-refractivity contribution in [1.82, 2.24) is 10.3 Å². The minimum absolute atomic E-state index is 0.0189. The minimum atomic E-state index is -1.26. The highest BCUT2D eigenvalue weighted by Gasteiger charge is 2.40. The number of hydrogen-bond acceptors (Lipinski definition) is 17. The number of amides is 1. The smallest absolute Gasteiger partial charge is 0.331 e. The van der Waals surface area contributed by atoms with Gasteiger partial charge in [-0.05, 0) is 41.9 Å². The Kier molecular flexibility index (Phi) is 25.5. The number of hydrogen-bond donors (Lipinski definition) is 3. The summed E-state index contributed by atoms with van der Waals surface area (Å²) in [5.74, 6) is -1.66. The Balaban J connectivity index is 1.71. The van der Waals surface area contributed by atoms with Crippen LogP contribution in [0.15, 0.2) is 12.3 Å². The lowest BCUT2D eigenvalue weighted by Crippen LogP contribution is -2.50. The van der Waals surface area contributed by atoms with Crippen molar-refractivity contribution in [3.63, 3.8) is 0 Å². The van der Waals surface area contributed by atoms with Gasteiger partial charge in [0.1, 0.15) is 30.5 Å². The molecule has 2 saturated heterocycles. The monoisotopic (exact) mass is 928 g/mol. The van der Waals surface area contributed by atoms with Crippen LogP contribution in [0.4, 0.5) is 0 Å². The maximum atomic E-state index is 13.8. The molecule has 2 aliphatic heterocycles. The van der Waals surface area contributed by atoms with Crippen LogP contribution < -0.4 is 15.8 Å². The van der Waals surface area contributed by atoms with E-state index in [4.69, 9.17) is 57.8 Å². The van der Waals surface area contributed by atoms with E-state index in [1.54, 1.807) is 0 Å². The van der Waals surface area contributed by atoms with Crippen LogP contribution in [0, 0.1) is 35.5 Å². The van der Waals surface area contributed by atoms with E-state index in [0.717, 1.165) is 0 Å². The highest BCUT2D eigenvalue weighted by molar-refractivity contribution is 5.98. The largest absolute Gasteiger partial charge is 0.503 e. The Hall–Kier alpha value is -3.20. The van der Waals surface area contributed by atoms with E-state index in [2.05, 4.69) is 10.3 Å². The summed E-state index contributed by atoms with van der Waals surface area (Å²) in [5.41, 5.74) is 5.69. The average molecular weight is 928 g/mol. The van der Waals surface area contributed by atoms with Gasteiger partial charge in [0.2, 0.25) is 0 Å². The second-order valence-electron chi connectivity index (χ2n) is 19.3. The van der Waals surface area contributed by atoms with Crippen molar-refractivity contribution in [2.24, 2.45) is 41.2 Å². The predicted octanol–water partition coefficient (Wildman–Crippen LogP) is 4.36. The van der Waals surface area contributed by atoms with E-state index >= 15 is 0 Å². The summed E-state index contributed by atoms with van der Waals surface area (Å²) in [7, 11) is 0. The molecule has 65 heavy (non-hydrogen) atoms. The van der Waals surface area contributed by atoms with Gasteiger partial charge in [0.15, 0.2) is 35.4 Å². The van der Waals surface area contributed by atoms with Gasteiger partial charge in [0, 0.05) is 51.9 Å². The lowest BCUT2D eigenvalue weighted by Gasteiger charge is -2.33. The number of rotatable bonds is 26. The van der Waals surface area contributed by atoms with E-state index in [9.17, 15) is 19.5 Å². The summed E-state index contributed by atoms with van der Waals surface area (Å²) in [6.45, 7) is 24.8. The summed E-state index contributed by atoms with van der Waals surface area (Å²) in [4.78, 5) is 44.4. The first-order valence-corrected chi connectivity index (χ1v) is 23.4. The van der Waals surface area contributed by atoms with Crippen molar-refractivity contribution in [3.05, 3.63) is 18.0 Å². The summed E-state index contributed by atoms with van der Waals surface area (Å²) in [6.07, 6.45) is -2.47. The molecule has 0 spiro atoms.